The third-order valence-electron chi connectivity index (χ3n) is 9.12. The Hall–Kier alpha value is -5.73. The molecule has 57 heavy (non-hydrogen) atoms. The van der Waals surface area contributed by atoms with E-state index in [2.05, 4.69) is 21.3 Å². The molecule has 3 atom stereocenters. The molecule has 4 amide bonds. The normalized spacial score (nSPS) is 12.8. The van der Waals surface area contributed by atoms with Gasteiger partial charge in [-0.25, -0.2) is 0 Å². The first-order valence-electron chi connectivity index (χ1n) is 19.0. The number of hydrogen-bond donors (Lipinski definition) is 6. The van der Waals surface area contributed by atoms with Crippen molar-refractivity contribution in [3.05, 3.63) is 137 Å². The Morgan fingerprint density at radius 2 is 1.19 bits per heavy atom. The highest BCUT2D eigenvalue weighted by atomic mass is 19.4. The number of unbranched alkanes of at least 4 members (excludes halogenated alkanes) is 2. The molecule has 0 unspecified atom stereocenters. The first-order valence-corrected chi connectivity index (χ1v) is 19.0. The first-order chi connectivity index (χ1) is 27.5. The van der Waals surface area contributed by atoms with Crippen molar-refractivity contribution in [2.24, 2.45) is 11.5 Å². The van der Waals surface area contributed by atoms with Gasteiger partial charge in [0.05, 0.1) is 12.0 Å². The third kappa shape index (κ3) is 15.0. The van der Waals surface area contributed by atoms with E-state index in [9.17, 15) is 32.3 Å². The Labute approximate surface area is 331 Å². The molecule has 4 aromatic carbocycles. The highest BCUT2D eigenvalue weighted by Crippen LogP contribution is 2.29. The summed E-state index contributed by atoms with van der Waals surface area (Å²) in [7, 11) is 0. The monoisotopic (exact) mass is 788 g/mol. The lowest BCUT2D eigenvalue weighted by molar-refractivity contribution is -0.137. The Bertz CT molecular complexity index is 1860. The van der Waals surface area contributed by atoms with Crippen molar-refractivity contribution in [2.75, 3.05) is 13.1 Å². The second kappa shape index (κ2) is 22.7. The van der Waals surface area contributed by atoms with Crippen LogP contribution in [0.5, 0.6) is 5.75 Å². The third-order valence-corrected chi connectivity index (χ3v) is 9.12. The van der Waals surface area contributed by atoms with Crippen molar-refractivity contribution in [1.29, 1.82) is 0 Å². The van der Waals surface area contributed by atoms with Crippen LogP contribution < -0.4 is 37.5 Å². The molecule has 0 fully saturated rings. The highest BCUT2D eigenvalue weighted by molar-refractivity contribution is 5.94. The molecule has 304 valence electrons. The molecule has 0 saturated heterocycles. The van der Waals surface area contributed by atoms with Crippen molar-refractivity contribution in [3.63, 3.8) is 0 Å². The van der Waals surface area contributed by atoms with E-state index in [0.717, 1.165) is 17.7 Å². The number of halogens is 3. The minimum Gasteiger partial charge on any atom is -0.489 e. The molecule has 0 aromatic heterocycles. The van der Waals surface area contributed by atoms with E-state index < -0.39 is 47.6 Å². The largest absolute Gasteiger partial charge is 0.489 e. The standard InChI is InChI=1S/C43H51F3N6O5/c44-43(45,46)34-22-20-31(21-23-34)29-57-35-17-11-14-32(26-35)28-49-42(56)39(33-15-5-2-6-16-33)52-41(55)37(19-8-10-25-48)51-40(54)36(18-7-9-24-47)50-38(53)27-30-12-3-1-4-13-30/h1-6,11-17,20-23,26,36-37,39H,7-10,18-19,24-25,27-29,47-48H2,(H,49,56)(H,50,53)(H,51,54)(H,52,55)/t36-,37-,39-/m0/s1. The summed E-state index contributed by atoms with van der Waals surface area (Å²) >= 11 is 0. The van der Waals surface area contributed by atoms with Crippen LogP contribution in [0.25, 0.3) is 0 Å². The number of ether oxygens (including phenoxy) is 1. The molecule has 0 aliphatic carbocycles. The Morgan fingerprint density at radius 3 is 1.81 bits per heavy atom. The van der Waals surface area contributed by atoms with E-state index in [1.807, 2.05) is 30.3 Å². The smallest absolute Gasteiger partial charge is 0.416 e. The maximum Gasteiger partial charge on any atom is 0.416 e. The van der Waals surface area contributed by atoms with Crippen molar-refractivity contribution in [1.82, 2.24) is 21.3 Å². The Kier molecular flexibility index (Phi) is 17.5. The Morgan fingerprint density at radius 1 is 0.614 bits per heavy atom. The average molecular weight is 789 g/mol. The van der Waals surface area contributed by atoms with Crippen molar-refractivity contribution in [3.8, 4) is 5.75 Å². The van der Waals surface area contributed by atoms with E-state index in [4.69, 9.17) is 16.2 Å². The molecule has 0 saturated carbocycles. The van der Waals surface area contributed by atoms with Gasteiger partial charge in [-0.05, 0) is 98.1 Å². The van der Waals surface area contributed by atoms with Crippen molar-refractivity contribution < 1.29 is 37.1 Å². The minimum absolute atomic E-state index is 0.0353. The molecule has 11 nitrogen and oxygen atoms in total. The lowest BCUT2D eigenvalue weighted by Crippen LogP contribution is -2.55. The number of nitrogens with one attached hydrogen (secondary N) is 4. The van der Waals surface area contributed by atoms with Gasteiger partial charge in [0.2, 0.25) is 23.6 Å². The van der Waals surface area contributed by atoms with Crippen LogP contribution in [0.3, 0.4) is 0 Å². The Balaban J connectivity index is 1.43. The maximum atomic E-state index is 14.0. The number of amides is 4. The van der Waals surface area contributed by atoms with Crippen LogP contribution in [0.2, 0.25) is 0 Å². The molecule has 0 aliphatic rings. The van der Waals surface area contributed by atoms with E-state index in [-0.39, 0.29) is 31.9 Å². The van der Waals surface area contributed by atoms with Gasteiger partial charge in [-0.3, -0.25) is 19.2 Å². The number of nitrogens with two attached hydrogens (primary N) is 2. The second-order valence-corrected chi connectivity index (χ2v) is 13.6. The van der Waals surface area contributed by atoms with Gasteiger partial charge in [-0.1, -0.05) is 84.9 Å². The summed E-state index contributed by atoms with van der Waals surface area (Å²) in [6.07, 6.45) is -1.45. The molecule has 0 spiro atoms. The summed E-state index contributed by atoms with van der Waals surface area (Å²) in [5, 5.41) is 11.4. The summed E-state index contributed by atoms with van der Waals surface area (Å²) in [6, 6.07) is 26.3. The number of hydrogen-bond acceptors (Lipinski definition) is 7. The SMILES string of the molecule is NCCCC[C@H](NC(=O)Cc1ccccc1)C(=O)N[C@@H](CCCCN)C(=O)N[C@H](C(=O)NCc1cccc(OCc2ccc(C(F)(F)F)cc2)c1)c1ccccc1. The quantitative estimate of drug-likeness (QED) is 0.0591. The van der Waals surface area contributed by atoms with Crippen molar-refractivity contribution in [2.45, 2.75) is 82.4 Å². The van der Waals surface area contributed by atoms with E-state index in [1.54, 1.807) is 54.6 Å². The molecule has 14 heteroatoms. The number of rotatable bonds is 22. The number of carbonyl (C=O) groups excluding carboxylic acids is 4. The van der Waals surface area contributed by atoms with Crippen LogP contribution in [-0.4, -0.2) is 48.8 Å². The molecule has 0 heterocycles. The van der Waals surface area contributed by atoms with Crippen LogP contribution in [-0.2, 0) is 44.9 Å². The van der Waals surface area contributed by atoms with Gasteiger partial charge in [0.1, 0.15) is 30.5 Å². The molecule has 0 bridgehead atoms. The minimum atomic E-state index is -4.43. The highest BCUT2D eigenvalue weighted by Gasteiger charge is 2.31. The predicted octanol–water partition coefficient (Wildman–Crippen LogP) is 5.23. The van der Waals surface area contributed by atoms with E-state index in [0.29, 0.717) is 67.6 Å². The van der Waals surface area contributed by atoms with Gasteiger partial charge >= 0.3 is 6.18 Å². The summed E-state index contributed by atoms with van der Waals surface area (Å²) < 4.78 is 44.6. The zero-order valence-corrected chi connectivity index (χ0v) is 31.7. The lowest BCUT2D eigenvalue weighted by atomic mass is 10.0. The van der Waals surface area contributed by atoms with E-state index in [1.165, 1.54) is 12.1 Å². The zero-order chi connectivity index (χ0) is 41.0. The van der Waals surface area contributed by atoms with Gasteiger partial charge in [0.25, 0.3) is 0 Å². The summed E-state index contributed by atoms with van der Waals surface area (Å²) in [4.78, 5) is 54.5. The second-order valence-electron chi connectivity index (χ2n) is 13.6. The van der Waals surface area contributed by atoms with Crippen LogP contribution in [0.1, 0.15) is 72.4 Å². The van der Waals surface area contributed by atoms with Crippen LogP contribution in [0.15, 0.2) is 109 Å². The summed E-state index contributed by atoms with van der Waals surface area (Å²) in [5.41, 5.74) is 13.2. The van der Waals surface area contributed by atoms with Crippen LogP contribution in [0.4, 0.5) is 13.2 Å². The van der Waals surface area contributed by atoms with Crippen LogP contribution in [0, 0.1) is 0 Å². The predicted molar refractivity (Wildman–Crippen MR) is 211 cm³/mol. The molecule has 0 radical (unpaired) electrons. The fourth-order valence-corrected chi connectivity index (χ4v) is 6.00. The molecular formula is C43H51F3N6O5. The van der Waals surface area contributed by atoms with Crippen molar-refractivity contribution >= 4 is 23.6 Å². The number of carbonyl (C=O) groups is 4. The molecule has 4 rings (SSSR count). The fraction of sp³-hybridized carbons (Fsp3) is 0.349. The maximum absolute atomic E-state index is 14.0. The van der Waals surface area contributed by atoms with Gasteiger partial charge < -0.3 is 37.5 Å². The van der Waals surface area contributed by atoms with Gasteiger partial charge in [-0.15, -0.1) is 0 Å². The summed E-state index contributed by atoms with van der Waals surface area (Å²) in [5.74, 6) is -1.51. The molecule has 8 N–H and O–H groups in total. The molecule has 4 aromatic rings. The topological polar surface area (TPSA) is 178 Å². The van der Waals surface area contributed by atoms with Gasteiger partial charge in [-0.2, -0.15) is 13.2 Å². The molecular weight excluding hydrogens is 738 g/mol. The average Bonchev–Trinajstić information content (AvgIpc) is 3.21. The van der Waals surface area contributed by atoms with Gasteiger partial charge in [0.15, 0.2) is 0 Å². The number of alkyl halides is 3. The number of benzene rings is 4. The fourth-order valence-electron chi connectivity index (χ4n) is 6.00. The van der Waals surface area contributed by atoms with Gasteiger partial charge in [0, 0.05) is 6.54 Å². The van der Waals surface area contributed by atoms with E-state index >= 15 is 0 Å². The lowest BCUT2D eigenvalue weighted by Gasteiger charge is -2.26. The first kappa shape index (κ1) is 44.0. The van der Waals surface area contributed by atoms with Crippen LogP contribution >= 0.6 is 0 Å². The summed E-state index contributed by atoms with van der Waals surface area (Å²) in [6.45, 7) is 0.910. The molecule has 0 aliphatic heterocycles. The zero-order valence-electron chi connectivity index (χ0n) is 31.7.